The lowest BCUT2D eigenvalue weighted by Crippen LogP contribution is -2.47. The maximum atomic E-state index is 12.0. The summed E-state index contributed by atoms with van der Waals surface area (Å²) in [7, 11) is 3.99. The van der Waals surface area contributed by atoms with E-state index in [4.69, 9.17) is 24.5 Å². The summed E-state index contributed by atoms with van der Waals surface area (Å²) in [6, 6.07) is 7.91. The number of carbonyl (C=O) groups is 3. The number of carboxylic acids is 2. The first-order valence-corrected chi connectivity index (χ1v) is 9.54. The molecule has 0 aliphatic carbocycles. The van der Waals surface area contributed by atoms with Crippen LogP contribution in [-0.4, -0.2) is 84.4 Å². The van der Waals surface area contributed by atoms with Crippen LogP contribution in [0.4, 0.5) is 4.79 Å². The summed E-state index contributed by atoms with van der Waals surface area (Å²) in [5.41, 5.74) is 0. The number of hydrogen-bond donors (Lipinski definition) is 3. The van der Waals surface area contributed by atoms with Crippen molar-refractivity contribution in [1.82, 2.24) is 15.1 Å². The first-order valence-electron chi connectivity index (χ1n) is 8.75. The summed E-state index contributed by atoms with van der Waals surface area (Å²) in [5.74, 6) is -2.76. The van der Waals surface area contributed by atoms with Crippen LogP contribution in [0, 0.1) is 0 Å². The number of ether oxygens (including phenoxy) is 1. The van der Waals surface area contributed by atoms with Crippen molar-refractivity contribution in [1.29, 1.82) is 0 Å². The van der Waals surface area contributed by atoms with E-state index in [-0.39, 0.29) is 12.1 Å². The molecule has 1 saturated heterocycles. The van der Waals surface area contributed by atoms with Crippen LogP contribution in [0.2, 0.25) is 0 Å². The first-order chi connectivity index (χ1) is 13.2. The first kappa shape index (κ1) is 23.7. The number of aliphatic carboxylic acids is 2. The lowest BCUT2D eigenvalue weighted by molar-refractivity contribution is -0.159. The van der Waals surface area contributed by atoms with Crippen molar-refractivity contribution in [3.8, 4) is 5.75 Å². The largest absolute Gasteiger partial charge is 0.490 e. The zero-order chi connectivity index (χ0) is 21.1. The van der Waals surface area contributed by atoms with Crippen LogP contribution < -0.4 is 10.1 Å². The number of nitrogens with one attached hydrogen (secondary N) is 1. The van der Waals surface area contributed by atoms with Gasteiger partial charge in [-0.3, -0.25) is 0 Å². The highest BCUT2D eigenvalue weighted by atomic mass is 79.9. The Balaban J connectivity index is 0.000000568. The van der Waals surface area contributed by atoms with Gasteiger partial charge in [0.25, 0.3) is 0 Å². The number of carbonyl (C=O) groups excluding carboxylic acids is 1. The molecule has 0 bridgehead atoms. The average molecular weight is 460 g/mol. The van der Waals surface area contributed by atoms with E-state index in [0.717, 1.165) is 42.7 Å². The standard InChI is InChI=1S/C16H24BrN3O2.C2H2O4/c1-19(2)12-9-18-16(21)20-10-7-15(8-11-20)22-14-5-3-13(17)4-6-14;3-1(4)2(5)6/h3-6,15H,7-12H2,1-2H3,(H,18,21);(H,3,4)(H,5,6). The molecule has 1 aliphatic heterocycles. The molecule has 3 N–H and O–H groups in total. The molecule has 0 unspecified atom stereocenters. The number of halogens is 1. The van der Waals surface area contributed by atoms with Crippen molar-refractivity contribution in [2.45, 2.75) is 18.9 Å². The Bertz CT molecular complexity index is 633. The molecule has 1 aromatic carbocycles. The lowest BCUT2D eigenvalue weighted by atomic mass is 10.1. The maximum Gasteiger partial charge on any atom is 0.414 e. The molecule has 156 valence electrons. The van der Waals surface area contributed by atoms with Crippen LogP contribution in [0.3, 0.4) is 0 Å². The summed E-state index contributed by atoms with van der Waals surface area (Å²) < 4.78 is 7.01. The Kier molecular flexibility index (Phi) is 10.3. The van der Waals surface area contributed by atoms with Gasteiger partial charge in [0.15, 0.2) is 0 Å². The van der Waals surface area contributed by atoms with E-state index in [2.05, 4.69) is 26.1 Å². The number of piperidine rings is 1. The van der Waals surface area contributed by atoms with Gasteiger partial charge in [0.1, 0.15) is 11.9 Å². The molecular formula is C18H26BrN3O6. The van der Waals surface area contributed by atoms with Crippen LogP contribution in [0.5, 0.6) is 5.75 Å². The third-order valence-corrected chi connectivity index (χ3v) is 4.39. The zero-order valence-electron chi connectivity index (χ0n) is 15.9. The molecule has 0 spiro atoms. The van der Waals surface area contributed by atoms with Crippen molar-refractivity contribution < 1.29 is 29.3 Å². The van der Waals surface area contributed by atoms with Gasteiger partial charge in [-0.2, -0.15) is 0 Å². The molecule has 10 heteroatoms. The number of likely N-dealkylation sites (tertiary alicyclic amines) is 1. The number of carboxylic acid groups (broad SMARTS) is 2. The van der Waals surface area contributed by atoms with Gasteiger partial charge >= 0.3 is 18.0 Å². The van der Waals surface area contributed by atoms with Crippen LogP contribution in [-0.2, 0) is 9.59 Å². The quantitative estimate of drug-likeness (QED) is 0.573. The van der Waals surface area contributed by atoms with Gasteiger partial charge in [0, 0.05) is 43.5 Å². The third-order valence-electron chi connectivity index (χ3n) is 3.86. The van der Waals surface area contributed by atoms with Crippen LogP contribution in [0.15, 0.2) is 28.7 Å². The van der Waals surface area contributed by atoms with Gasteiger partial charge in [-0.15, -0.1) is 0 Å². The molecule has 2 amide bonds. The second kappa shape index (κ2) is 12.2. The fourth-order valence-corrected chi connectivity index (χ4v) is 2.64. The van der Waals surface area contributed by atoms with E-state index in [9.17, 15) is 4.79 Å². The highest BCUT2D eigenvalue weighted by Gasteiger charge is 2.23. The molecule has 0 aromatic heterocycles. The Morgan fingerprint density at radius 1 is 1.14 bits per heavy atom. The average Bonchev–Trinajstić information content (AvgIpc) is 2.64. The summed E-state index contributed by atoms with van der Waals surface area (Å²) in [4.78, 5) is 34.2. The van der Waals surface area contributed by atoms with E-state index in [1.165, 1.54) is 0 Å². The number of benzene rings is 1. The lowest BCUT2D eigenvalue weighted by Gasteiger charge is -2.32. The van der Waals surface area contributed by atoms with Crippen molar-refractivity contribution in [3.63, 3.8) is 0 Å². The van der Waals surface area contributed by atoms with Crippen molar-refractivity contribution >= 4 is 33.9 Å². The predicted molar refractivity (Wildman–Crippen MR) is 107 cm³/mol. The minimum Gasteiger partial charge on any atom is -0.490 e. The van der Waals surface area contributed by atoms with Gasteiger partial charge in [-0.05, 0) is 38.4 Å². The van der Waals surface area contributed by atoms with Crippen molar-refractivity contribution in [2.75, 3.05) is 40.3 Å². The Morgan fingerprint density at radius 3 is 2.14 bits per heavy atom. The summed E-state index contributed by atoms with van der Waals surface area (Å²) in [6.07, 6.45) is 1.93. The van der Waals surface area contributed by atoms with Crippen molar-refractivity contribution in [3.05, 3.63) is 28.7 Å². The van der Waals surface area contributed by atoms with Gasteiger partial charge < -0.3 is 30.1 Å². The smallest absolute Gasteiger partial charge is 0.414 e. The van der Waals surface area contributed by atoms with Crippen LogP contribution >= 0.6 is 15.9 Å². The molecule has 0 saturated carbocycles. The second-order valence-electron chi connectivity index (χ2n) is 6.40. The number of rotatable bonds is 5. The molecule has 1 fully saturated rings. The van der Waals surface area contributed by atoms with E-state index in [0.29, 0.717) is 6.54 Å². The number of likely N-dealkylation sites (N-methyl/N-ethyl adjacent to an activating group) is 1. The van der Waals surface area contributed by atoms with E-state index >= 15 is 0 Å². The molecule has 1 aromatic rings. The van der Waals surface area contributed by atoms with Crippen LogP contribution in [0.25, 0.3) is 0 Å². The molecule has 9 nitrogen and oxygen atoms in total. The van der Waals surface area contributed by atoms with Gasteiger partial charge in [-0.25, -0.2) is 14.4 Å². The van der Waals surface area contributed by atoms with E-state index in [1.54, 1.807) is 0 Å². The fraction of sp³-hybridized carbons (Fsp3) is 0.500. The molecule has 0 radical (unpaired) electrons. The van der Waals surface area contributed by atoms with Crippen molar-refractivity contribution in [2.24, 2.45) is 0 Å². The topological polar surface area (TPSA) is 119 Å². The van der Waals surface area contributed by atoms with Gasteiger partial charge in [0.2, 0.25) is 0 Å². The highest BCUT2D eigenvalue weighted by Crippen LogP contribution is 2.21. The fourth-order valence-electron chi connectivity index (χ4n) is 2.38. The molecule has 28 heavy (non-hydrogen) atoms. The van der Waals surface area contributed by atoms with E-state index in [1.807, 2.05) is 43.3 Å². The third kappa shape index (κ3) is 9.56. The minimum atomic E-state index is -1.82. The number of nitrogens with zero attached hydrogens (tertiary/aromatic N) is 2. The monoisotopic (exact) mass is 459 g/mol. The number of hydrogen-bond acceptors (Lipinski definition) is 5. The van der Waals surface area contributed by atoms with Gasteiger partial charge in [-0.1, -0.05) is 15.9 Å². The molecule has 2 rings (SSSR count). The molecule has 0 atom stereocenters. The molecule has 1 aliphatic rings. The Morgan fingerprint density at radius 2 is 1.68 bits per heavy atom. The van der Waals surface area contributed by atoms with E-state index < -0.39 is 11.9 Å². The number of urea groups is 1. The van der Waals surface area contributed by atoms with Crippen LogP contribution in [0.1, 0.15) is 12.8 Å². The zero-order valence-corrected chi connectivity index (χ0v) is 17.5. The Labute approximate surface area is 172 Å². The Hall–Kier alpha value is -2.33. The highest BCUT2D eigenvalue weighted by molar-refractivity contribution is 9.10. The second-order valence-corrected chi connectivity index (χ2v) is 7.32. The maximum absolute atomic E-state index is 12.0. The summed E-state index contributed by atoms with van der Waals surface area (Å²) >= 11 is 3.41. The minimum absolute atomic E-state index is 0.0314. The molecule has 1 heterocycles. The number of amides is 2. The van der Waals surface area contributed by atoms with Gasteiger partial charge in [0.05, 0.1) is 0 Å². The SMILES string of the molecule is CN(C)CCNC(=O)N1CCC(Oc2ccc(Br)cc2)CC1.O=C(O)C(=O)O. The summed E-state index contributed by atoms with van der Waals surface area (Å²) in [5, 5.41) is 17.7. The molecular weight excluding hydrogens is 434 g/mol. The summed E-state index contributed by atoms with van der Waals surface area (Å²) in [6.45, 7) is 3.03. The normalized spacial score (nSPS) is 14.1. The predicted octanol–water partition coefficient (Wildman–Crippen LogP) is 1.72.